The highest BCUT2D eigenvalue weighted by molar-refractivity contribution is 6.14. The van der Waals surface area contributed by atoms with Crippen molar-refractivity contribution < 1.29 is 19.1 Å². The zero-order valence-electron chi connectivity index (χ0n) is 8.19. The van der Waals surface area contributed by atoms with E-state index in [2.05, 4.69) is 5.32 Å². The van der Waals surface area contributed by atoms with Gasteiger partial charge in [0.15, 0.2) is 0 Å². The lowest BCUT2D eigenvalue weighted by atomic mass is 10.1. The normalized spacial score (nSPS) is 27.1. The van der Waals surface area contributed by atoms with Gasteiger partial charge in [-0.05, 0) is 6.42 Å². The number of carbonyl (C=O) groups is 3. The van der Waals surface area contributed by atoms with Gasteiger partial charge in [-0.3, -0.25) is 19.8 Å². The van der Waals surface area contributed by atoms with Crippen molar-refractivity contribution in [2.45, 2.75) is 12.8 Å². The molecular weight excluding hydrogens is 200 g/mol. The van der Waals surface area contributed by atoms with Gasteiger partial charge in [0.1, 0.15) is 6.42 Å². The number of urea groups is 1. The van der Waals surface area contributed by atoms with Crippen molar-refractivity contribution in [1.29, 1.82) is 0 Å². The molecule has 0 aliphatic carbocycles. The van der Waals surface area contributed by atoms with Crippen LogP contribution in [0.2, 0.25) is 0 Å². The third-order valence-corrected chi connectivity index (χ3v) is 2.57. The van der Waals surface area contributed by atoms with Crippen LogP contribution in [0.25, 0.3) is 0 Å². The molecule has 2 heterocycles. The highest BCUT2D eigenvalue weighted by Crippen LogP contribution is 2.15. The molecule has 0 aromatic carbocycles. The third kappa shape index (κ3) is 2.15. The van der Waals surface area contributed by atoms with Gasteiger partial charge < -0.3 is 4.74 Å². The SMILES string of the molecule is O=C1CC(=O)N(CC2CCOC2)C(=O)N1. The highest BCUT2D eigenvalue weighted by Gasteiger charge is 2.33. The number of rotatable bonds is 2. The Kier molecular flexibility index (Phi) is 2.68. The number of hydrogen-bond acceptors (Lipinski definition) is 4. The first kappa shape index (κ1) is 10.1. The largest absolute Gasteiger partial charge is 0.381 e. The second-order valence-electron chi connectivity index (χ2n) is 3.76. The Balaban J connectivity index is 1.97. The molecule has 1 N–H and O–H groups in total. The Hall–Kier alpha value is -1.43. The molecule has 2 aliphatic rings. The number of imide groups is 2. The molecule has 0 saturated carbocycles. The van der Waals surface area contributed by atoms with Crippen molar-refractivity contribution >= 4 is 17.8 Å². The number of carbonyl (C=O) groups excluding carboxylic acids is 3. The van der Waals surface area contributed by atoms with Crippen LogP contribution in [0, 0.1) is 5.92 Å². The Morgan fingerprint density at radius 1 is 1.40 bits per heavy atom. The number of nitrogens with zero attached hydrogens (tertiary/aromatic N) is 1. The van der Waals surface area contributed by atoms with Crippen LogP contribution in [0.4, 0.5) is 4.79 Å². The van der Waals surface area contributed by atoms with E-state index in [1.54, 1.807) is 0 Å². The summed E-state index contributed by atoms with van der Waals surface area (Å²) >= 11 is 0. The maximum absolute atomic E-state index is 11.4. The standard InChI is InChI=1S/C9H12N2O4/c12-7-3-8(13)11(9(14)10-7)4-6-1-2-15-5-6/h6H,1-5H2,(H,10,12,14). The zero-order valence-corrected chi connectivity index (χ0v) is 8.19. The van der Waals surface area contributed by atoms with E-state index >= 15 is 0 Å². The van der Waals surface area contributed by atoms with Crippen molar-refractivity contribution in [3.8, 4) is 0 Å². The van der Waals surface area contributed by atoms with Crippen LogP contribution in [-0.4, -0.2) is 42.5 Å². The topological polar surface area (TPSA) is 75.7 Å². The van der Waals surface area contributed by atoms with Gasteiger partial charge in [-0.25, -0.2) is 4.79 Å². The number of ether oxygens (including phenoxy) is 1. The molecule has 2 rings (SSSR count). The summed E-state index contributed by atoms with van der Waals surface area (Å²) in [6.45, 7) is 1.59. The lowest BCUT2D eigenvalue weighted by Crippen LogP contribution is -2.54. The minimum Gasteiger partial charge on any atom is -0.381 e. The van der Waals surface area contributed by atoms with E-state index in [0.717, 1.165) is 11.3 Å². The van der Waals surface area contributed by atoms with Crippen LogP contribution in [0.3, 0.4) is 0 Å². The van der Waals surface area contributed by atoms with Gasteiger partial charge in [-0.1, -0.05) is 0 Å². The molecule has 1 unspecified atom stereocenters. The Morgan fingerprint density at radius 3 is 2.80 bits per heavy atom. The van der Waals surface area contributed by atoms with Gasteiger partial charge in [0.2, 0.25) is 11.8 Å². The third-order valence-electron chi connectivity index (χ3n) is 2.57. The summed E-state index contributed by atoms with van der Waals surface area (Å²) in [4.78, 5) is 34.7. The van der Waals surface area contributed by atoms with E-state index in [1.807, 2.05) is 0 Å². The average molecular weight is 212 g/mol. The smallest absolute Gasteiger partial charge is 0.330 e. The van der Waals surface area contributed by atoms with Crippen LogP contribution < -0.4 is 5.32 Å². The minimum atomic E-state index is -0.608. The van der Waals surface area contributed by atoms with E-state index in [0.29, 0.717) is 19.8 Å². The molecule has 0 radical (unpaired) electrons. The molecule has 2 fully saturated rings. The second-order valence-corrected chi connectivity index (χ2v) is 3.76. The van der Waals surface area contributed by atoms with Crippen molar-refractivity contribution in [2.24, 2.45) is 5.92 Å². The summed E-state index contributed by atoms with van der Waals surface area (Å²) in [5.74, 6) is -0.743. The molecule has 2 aliphatic heterocycles. The molecule has 15 heavy (non-hydrogen) atoms. The molecule has 0 bridgehead atoms. The summed E-state index contributed by atoms with van der Waals surface area (Å²) in [5, 5.41) is 2.12. The van der Waals surface area contributed by atoms with Gasteiger partial charge in [0, 0.05) is 19.1 Å². The number of amides is 4. The molecule has 6 heteroatoms. The summed E-state index contributed by atoms with van der Waals surface area (Å²) in [5.41, 5.74) is 0. The van der Waals surface area contributed by atoms with Crippen molar-refractivity contribution in [3.05, 3.63) is 0 Å². The minimum absolute atomic E-state index is 0.202. The van der Waals surface area contributed by atoms with Gasteiger partial charge in [-0.2, -0.15) is 0 Å². The number of nitrogens with one attached hydrogen (secondary N) is 1. The molecule has 2 saturated heterocycles. The zero-order chi connectivity index (χ0) is 10.8. The van der Waals surface area contributed by atoms with Crippen LogP contribution >= 0.6 is 0 Å². The van der Waals surface area contributed by atoms with Crippen LogP contribution in [0.5, 0.6) is 0 Å². The van der Waals surface area contributed by atoms with Crippen LogP contribution in [-0.2, 0) is 14.3 Å². The predicted molar refractivity (Wildman–Crippen MR) is 48.8 cm³/mol. The second kappa shape index (κ2) is 3.98. The fourth-order valence-electron chi connectivity index (χ4n) is 1.75. The molecule has 6 nitrogen and oxygen atoms in total. The lowest BCUT2D eigenvalue weighted by Gasteiger charge is -2.26. The fraction of sp³-hybridized carbons (Fsp3) is 0.667. The molecule has 0 aromatic heterocycles. The summed E-state index contributed by atoms with van der Waals surface area (Å²) in [7, 11) is 0. The molecule has 0 spiro atoms. The maximum Gasteiger partial charge on any atom is 0.330 e. The van der Waals surface area contributed by atoms with Gasteiger partial charge in [0.25, 0.3) is 0 Å². The van der Waals surface area contributed by atoms with Crippen LogP contribution in [0.15, 0.2) is 0 Å². The van der Waals surface area contributed by atoms with Crippen molar-refractivity contribution in [1.82, 2.24) is 10.2 Å². The fourth-order valence-corrected chi connectivity index (χ4v) is 1.75. The molecule has 4 amide bonds. The van der Waals surface area contributed by atoms with Crippen LogP contribution in [0.1, 0.15) is 12.8 Å². The van der Waals surface area contributed by atoms with E-state index in [9.17, 15) is 14.4 Å². The summed E-state index contributed by atoms with van der Waals surface area (Å²) in [6.07, 6.45) is 0.615. The molecule has 1 atom stereocenters. The Bertz CT molecular complexity index is 289. The Labute approximate surface area is 86.6 Å². The van der Waals surface area contributed by atoms with Crippen molar-refractivity contribution in [3.63, 3.8) is 0 Å². The van der Waals surface area contributed by atoms with E-state index in [1.165, 1.54) is 0 Å². The van der Waals surface area contributed by atoms with Crippen molar-refractivity contribution in [2.75, 3.05) is 19.8 Å². The number of hydrogen-bond donors (Lipinski definition) is 1. The monoisotopic (exact) mass is 212 g/mol. The maximum atomic E-state index is 11.4. The first-order valence-electron chi connectivity index (χ1n) is 4.89. The van der Waals surface area contributed by atoms with E-state index < -0.39 is 17.8 Å². The van der Waals surface area contributed by atoms with E-state index in [-0.39, 0.29) is 12.3 Å². The number of barbiturate groups is 1. The first-order chi connectivity index (χ1) is 7.16. The first-order valence-corrected chi connectivity index (χ1v) is 4.89. The average Bonchev–Trinajstić information content (AvgIpc) is 2.63. The van der Waals surface area contributed by atoms with E-state index in [4.69, 9.17) is 4.74 Å². The molecular formula is C9H12N2O4. The Morgan fingerprint density at radius 2 is 2.20 bits per heavy atom. The lowest BCUT2D eigenvalue weighted by molar-refractivity contribution is -0.136. The quantitative estimate of drug-likeness (QED) is 0.625. The molecule has 0 aromatic rings. The summed E-state index contributed by atoms with van der Waals surface area (Å²) in [6, 6.07) is -0.608. The van der Waals surface area contributed by atoms with Gasteiger partial charge in [-0.15, -0.1) is 0 Å². The molecule has 82 valence electrons. The summed E-state index contributed by atoms with van der Waals surface area (Å²) < 4.78 is 5.15. The highest BCUT2D eigenvalue weighted by atomic mass is 16.5. The van der Waals surface area contributed by atoms with Gasteiger partial charge in [0.05, 0.1) is 6.61 Å². The van der Waals surface area contributed by atoms with Gasteiger partial charge >= 0.3 is 6.03 Å². The predicted octanol–water partition coefficient (Wildman–Crippen LogP) is -0.509.